The highest BCUT2D eigenvalue weighted by atomic mass is 16.1. The molecule has 0 radical (unpaired) electrons. The number of rotatable bonds is 5. The van der Waals surface area contributed by atoms with Gasteiger partial charge in [-0.25, -0.2) is 0 Å². The number of hydrogen-bond acceptors (Lipinski definition) is 2. The maximum absolute atomic E-state index is 12.3. The smallest absolute Gasteiger partial charge is 0.226 e. The number of carbonyl (C=O) groups is 1. The second kappa shape index (κ2) is 6.86. The molecular weight excluding hydrogens is 284 g/mol. The standard InChI is InChI=1S/C20H24N2O/c1-15(2)17-8-4-5-9-18(17)21-20(23)12-14-22-13-11-16-7-3-6-10-19(16)22/h3-10,15H,11-14H2,1-2H3,(H,21,23). The first kappa shape index (κ1) is 15.6. The van der Waals surface area contributed by atoms with Crippen molar-refractivity contribution < 1.29 is 4.79 Å². The summed E-state index contributed by atoms with van der Waals surface area (Å²) in [5.74, 6) is 0.486. The van der Waals surface area contributed by atoms with Gasteiger partial charge in [-0.15, -0.1) is 0 Å². The Kier molecular flexibility index (Phi) is 4.65. The molecule has 0 saturated heterocycles. The molecule has 1 aliphatic heterocycles. The predicted molar refractivity (Wildman–Crippen MR) is 96.1 cm³/mol. The monoisotopic (exact) mass is 308 g/mol. The zero-order chi connectivity index (χ0) is 16.2. The highest BCUT2D eigenvalue weighted by Crippen LogP contribution is 2.27. The number of carbonyl (C=O) groups excluding carboxylic acids is 1. The van der Waals surface area contributed by atoms with E-state index in [2.05, 4.69) is 54.4 Å². The second-order valence-electron chi connectivity index (χ2n) is 6.41. The van der Waals surface area contributed by atoms with Crippen molar-refractivity contribution in [1.29, 1.82) is 0 Å². The van der Waals surface area contributed by atoms with E-state index in [0.29, 0.717) is 12.3 Å². The van der Waals surface area contributed by atoms with Crippen LogP contribution in [-0.4, -0.2) is 19.0 Å². The van der Waals surface area contributed by atoms with Crippen LogP contribution in [0.2, 0.25) is 0 Å². The maximum Gasteiger partial charge on any atom is 0.226 e. The van der Waals surface area contributed by atoms with Gasteiger partial charge in [-0.1, -0.05) is 50.2 Å². The fourth-order valence-electron chi connectivity index (χ4n) is 3.20. The molecule has 0 fully saturated rings. The first-order valence-corrected chi connectivity index (χ1v) is 8.37. The maximum atomic E-state index is 12.3. The molecular formula is C20H24N2O. The lowest BCUT2D eigenvalue weighted by Crippen LogP contribution is -2.26. The molecule has 3 nitrogen and oxygen atoms in total. The first-order valence-electron chi connectivity index (χ1n) is 8.37. The summed E-state index contributed by atoms with van der Waals surface area (Å²) < 4.78 is 0. The Morgan fingerprint density at radius 1 is 1.13 bits per heavy atom. The van der Waals surface area contributed by atoms with Crippen molar-refractivity contribution in [2.45, 2.75) is 32.6 Å². The minimum atomic E-state index is 0.0856. The van der Waals surface area contributed by atoms with E-state index in [1.807, 2.05) is 18.2 Å². The van der Waals surface area contributed by atoms with Crippen LogP contribution < -0.4 is 10.2 Å². The molecule has 3 rings (SSSR count). The highest BCUT2D eigenvalue weighted by Gasteiger charge is 2.19. The van der Waals surface area contributed by atoms with E-state index >= 15 is 0 Å². The van der Waals surface area contributed by atoms with Gasteiger partial charge in [0.2, 0.25) is 5.91 Å². The number of amides is 1. The molecule has 0 aromatic heterocycles. The van der Waals surface area contributed by atoms with Gasteiger partial charge in [0, 0.05) is 30.9 Å². The van der Waals surface area contributed by atoms with Crippen LogP contribution >= 0.6 is 0 Å². The third-order valence-electron chi connectivity index (χ3n) is 4.45. The van der Waals surface area contributed by atoms with Crippen LogP contribution in [0.4, 0.5) is 11.4 Å². The third kappa shape index (κ3) is 3.55. The Bertz CT molecular complexity index is 694. The SMILES string of the molecule is CC(C)c1ccccc1NC(=O)CCN1CCc2ccccc21. The van der Waals surface area contributed by atoms with Crippen LogP contribution in [-0.2, 0) is 11.2 Å². The molecule has 2 aromatic carbocycles. The van der Waals surface area contributed by atoms with E-state index < -0.39 is 0 Å². The number of nitrogens with zero attached hydrogens (tertiary/aromatic N) is 1. The highest BCUT2D eigenvalue weighted by molar-refractivity contribution is 5.92. The largest absolute Gasteiger partial charge is 0.370 e. The molecule has 2 aromatic rings. The Balaban J connectivity index is 1.59. The lowest BCUT2D eigenvalue weighted by Gasteiger charge is -2.19. The van der Waals surface area contributed by atoms with E-state index in [9.17, 15) is 4.79 Å². The predicted octanol–water partition coefficient (Wildman–Crippen LogP) is 4.20. The Labute approximate surface area is 138 Å². The van der Waals surface area contributed by atoms with Crippen LogP contribution in [0.25, 0.3) is 0 Å². The van der Waals surface area contributed by atoms with Crippen LogP contribution in [0.3, 0.4) is 0 Å². The summed E-state index contributed by atoms with van der Waals surface area (Å²) in [6.07, 6.45) is 1.59. The first-order chi connectivity index (χ1) is 11.1. The molecule has 1 N–H and O–H groups in total. The van der Waals surface area contributed by atoms with Gasteiger partial charge in [-0.2, -0.15) is 0 Å². The van der Waals surface area contributed by atoms with Crippen molar-refractivity contribution in [3.63, 3.8) is 0 Å². The van der Waals surface area contributed by atoms with E-state index in [4.69, 9.17) is 0 Å². The summed E-state index contributed by atoms with van der Waals surface area (Å²) in [7, 11) is 0. The topological polar surface area (TPSA) is 32.3 Å². The fourth-order valence-corrected chi connectivity index (χ4v) is 3.20. The Morgan fingerprint density at radius 2 is 1.87 bits per heavy atom. The molecule has 0 aliphatic carbocycles. The number of nitrogens with one attached hydrogen (secondary N) is 1. The van der Waals surface area contributed by atoms with Crippen molar-refractivity contribution >= 4 is 17.3 Å². The minimum absolute atomic E-state index is 0.0856. The average molecular weight is 308 g/mol. The summed E-state index contributed by atoms with van der Waals surface area (Å²) in [5.41, 5.74) is 4.79. The quantitative estimate of drug-likeness (QED) is 0.897. The summed E-state index contributed by atoms with van der Waals surface area (Å²) in [4.78, 5) is 14.6. The third-order valence-corrected chi connectivity index (χ3v) is 4.45. The zero-order valence-corrected chi connectivity index (χ0v) is 13.9. The molecule has 1 heterocycles. The van der Waals surface area contributed by atoms with E-state index in [-0.39, 0.29) is 5.91 Å². The van der Waals surface area contributed by atoms with Gasteiger partial charge < -0.3 is 10.2 Å². The van der Waals surface area contributed by atoms with Crippen LogP contribution in [0.1, 0.15) is 37.3 Å². The molecule has 1 aliphatic rings. The number of fused-ring (bicyclic) bond motifs is 1. The number of anilines is 2. The lowest BCUT2D eigenvalue weighted by molar-refractivity contribution is -0.116. The number of para-hydroxylation sites is 2. The van der Waals surface area contributed by atoms with Gasteiger partial charge in [-0.05, 0) is 35.6 Å². The summed E-state index contributed by atoms with van der Waals surface area (Å²) >= 11 is 0. The number of benzene rings is 2. The Hall–Kier alpha value is -2.29. The molecule has 0 bridgehead atoms. The van der Waals surface area contributed by atoms with Crippen LogP contribution in [0.15, 0.2) is 48.5 Å². The molecule has 0 unspecified atom stereocenters. The molecule has 23 heavy (non-hydrogen) atoms. The van der Waals surface area contributed by atoms with Gasteiger partial charge in [0.05, 0.1) is 0 Å². The van der Waals surface area contributed by atoms with Gasteiger partial charge in [0.25, 0.3) is 0 Å². The normalized spacial score (nSPS) is 13.3. The Morgan fingerprint density at radius 3 is 2.70 bits per heavy atom. The van der Waals surface area contributed by atoms with Crippen molar-refractivity contribution in [1.82, 2.24) is 0 Å². The second-order valence-corrected chi connectivity index (χ2v) is 6.41. The van der Waals surface area contributed by atoms with E-state index in [1.165, 1.54) is 16.8 Å². The molecule has 1 amide bonds. The molecule has 0 spiro atoms. The van der Waals surface area contributed by atoms with Crippen molar-refractivity contribution in [2.24, 2.45) is 0 Å². The van der Waals surface area contributed by atoms with Crippen molar-refractivity contribution in [3.8, 4) is 0 Å². The fraction of sp³-hybridized carbons (Fsp3) is 0.350. The van der Waals surface area contributed by atoms with Gasteiger partial charge in [-0.3, -0.25) is 4.79 Å². The molecule has 0 saturated carbocycles. The molecule has 120 valence electrons. The summed E-state index contributed by atoms with van der Waals surface area (Å²) in [6, 6.07) is 16.5. The molecule has 0 atom stereocenters. The zero-order valence-electron chi connectivity index (χ0n) is 13.9. The minimum Gasteiger partial charge on any atom is -0.370 e. The van der Waals surface area contributed by atoms with Gasteiger partial charge >= 0.3 is 0 Å². The van der Waals surface area contributed by atoms with Crippen LogP contribution in [0, 0.1) is 0 Å². The van der Waals surface area contributed by atoms with Crippen LogP contribution in [0.5, 0.6) is 0 Å². The lowest BCUT2D eigenvalue weighted by atomic mass is 10.0. The number of hydrogen-bond donors (Lipinski definition) is 1. The van der Waals surface area contributed by atoms with E-state index in [0.717, 1.165) is 25.2 Å². The van der Waals surface area contributed by atoms with Gasteiger partial charge in [0.15, 0.2) is 0 Å². The van der Waals surface area contributed by atoms with E-state index in [1.54, 1.807) is 0 Å². The van der Waals surface area contributed by atoms with Crippen molar-refractivity contribution in [2.75, 3.05) is 23.3 Å². The van der Waals surface area contributed by atoms with Crippen molar-refractivity contribution in [3.05, 3.63) is 59.7 Å². The average Bonchev–Trinajstić information content (AvgIpc) is 2.96. The van der Waals surface area contributed by atoms with Gasteiger partial charge in [0.1, 0.15) is 0 Å². The summed E-state index contributed by atoms with van der Waals surface area (Å²) in [6.45, 7) is 6.07. The molecule has 3 heteroatoms. The summed E-state index contributed by atoms with van der Waals surface area (Å²) in [5, 5.41) is 3.07.